The van der Waals surface area contributed by atoms with Crippen molar-refractivity contribution in [3.8, 4) is 0 Å². The number of nitrogens with zero attached hydrogens (tertiary/aromatic N) is 2. The van der Waals surface area contributed by atoms with Crippen LogP contribution in [0.25, 0.3) is 0 Å². The van der Waals surface area contributed by atoms with Gasteiger partial charge in [0.15, 0.2) is 5.13 Å². The molecule has 0 unspecified atom stereocenters. The number of anilines is 1. The third-order valence-corrected chi connectivity index (χ3v) is 5.28. The zero-order valence-corrected chi connectivity index (χ0v) is 13.0. The van der Waals surface area contributed by atoms with E-state index in [0.717, 1.165) is 36.8 Å². The zero-order valence-electron chi connectivity index (χ0n) is 11.4. The van der Waals surface area contributed by atoms with Gasteiger partial charge in [0.1, 0.15) is 0 Å². The van der Waals surface area contributed by atoms with Crippen LogP contribution in [0.5, 0.6) is 0 Å². The summed E-state index contributed by atoms with van der Waals surface area (Å²) in [6.07, 6.45) is 2.30. The Hall–Kier alpha value is -1.24. The van der Waals surface area contributed by atoms with Crippen LogP contribution >= 0.6 is 22.7 Å². The van der Waals surface area contributed by atoms with Gasteiger partial charge in [-0.25, -0.2) is 4.98 Å². The number of hydrogen-bond acceptors (Lipinski definition) is 5. The Morgan fingerprint density at radius 1 is 1.55 bits per heavy atom. The summed E-state index contributed by atoms with van der Waals surface area (Å²) in [7, 11) is 2.11. The highest BCUT2D eigenvalue weighted by molar-refractivity contribution is 7.15. The first-order valence-electron chi connectivity index (χ1n) is 6.70. The molecule has 0 fully saturated rings. The van der Waals surface area contributed by atoms with E-state index in [1.165, 1.54) is 9.75 Å². The second kappa shape index (κ2) is 6.03. The SMILES string of the molecule is CN1CCc2nc(NC(=O)CCc3cccs3)sc2C1. The number of thiophene rings is 1. The highest BCUT2D eigenvalue weighted by atomic mass is 32.1. The topological polar surface area (TPSA) is 45.2 Å². The average Bonchev–Trinajstić information content (AvgIpc) is 3.04. The first kappa shape index (κ1) is 13.7. The summed E-state index contributed by atoms with van der Waals surface area (Å²) in [5.74, 6) is 0.0536. The van der Waals surface area contributed by atoms with E-state index in [1.807, 2.05) is 11.4 Å². The molecule has 1 N–H and O–H groups in total. The van der Waals surface area contributed by atoms with E-state index in [4.69, 9.17) is 0 Å². The van der Waals surface area contributed by atoms with E-state index >= 15 is 0 Å². The van der Waals surface area contributed by atoms with Crippen molar-refractivity contribution >= 4 is 33.7 Å². The van der Waals surface area contributed by atoms with Crippen molar-refractivity contribution in [2.24, 2.45) is 0 Å². The van der Waals surface area contributed by atoms with Crippen molar-refractivity contribution in [3.63, 3.8) is 0 Å². The predicted molar refractivity (Wildman–Crippen MR) is 83.4 cm³/mol. The number of aryl methyl sites for hydroxylation is 1. The number of likely N-dealkylation sites (N-methyl/N-ethyl adjacent to an activating group) is 1. The van der Waals surface area contributed by atoms with Crippen molar-refractivity contribution < 1.29 is 4.79 Å². The molecule has 1 aliphatic rings. The van der Waals surface area contributed by atoms with Crippen LogP contribution in [0.3, 0.4) is 0 Å². The minimum absolute atomic E-state index is 0.0536. The number of fused-ring (bicyclic) bond motifs is 1. The van der Waals surface area contributed by atoms with Gasteiger partial charge in [0.05, 0.1) is 5.69 Å². The summed E-state index contributed by atoms with van der Waals surface area (Å²) >= 11 is 3.30. The summed E-state index contributed by atoms with van der Waals surface area (Å²) in [6, 6.07) is 4.08. The molecule has 0 saturated heterocycles. The summed E-state index contributed by atoms with van der Waals surface area (Å²) < 4.78 is 0. The summed E-state index contributed by atoms with van der Waals surface area (Å²) in [6.45, 7) is 1.99. The van der Waals surface area contributed by atoms with E-state index in [2.05, 4.69) is 28.3 Å². The number of carbonyl (C=O) groups is 1. The van der Waals surface area contributed by atoms with Crippen molar-refractivity contribution in [2.75, 3.05) is 18.9 Å². The molecule has 6 heteroatoms. The molecule has 0 aliphatic carbocycles. The van der Waals surface area contributed by atoms with Crippen LogP contribution in [-0.2, 0) is 24.2 Å². The minimum atomic E-state index is 0.0536. The Balaban J connectivity index is 1.56. The fourth-order valence-corrected chi connectivity index (χ4v) is 4.06. The molecular formula is C14H17N3OS2. The van der Waals surface area contributed by atoms with Gasteiger partial charge in [-0.2, -0.15) is 0 Å². The number of thiazole rings is 1. The van der Waals surface area contributed by atoms with Crippen molar-refractivity contribution in [2.45, 2.75) is 25.8 Å². The van der Waals surface area contributed by atoms with Gasteiger partial charge in [-0.1, -0.05) is 6.07 Å². The lowest BCUT2D eigenvalue weighted by Crippen LogP contribution is -2.25. The second-order valence-corrected chi connectivity index (χ2v) is 7.12. The summed E-state index contributed by atoms with van der Waals surface area (Å²) in [5, 5.41) is 5.72. The van der Waals surface area contributed by atoms with Crippen LogP contribution in [0, 0.1) is 0 Å². The average molecular weight is 307 g/mol. The van der Waals surface area contributed by atoms with Crippen molar-refractivity contribution in [3.05, 3.63) is 33.0 Å². The highest BCUT2D eigenvalue weighted by Gasteiger charge is 2.18. The van der Waals surface area contributed by atoms with Gasteiger partial charge in [0, 0.05) is 35.7 Å². The summed E-state index contributed by atoms with van der Waals surface area (Å²) in [5.41, 5.74) is 1.15. The Labute approximate surface area is 126 Å². The Kier molecular flexibility index (Phi) is 4.14. The Bertz CT molecular complexity index is 592. The number of carbonyl (C=O) groups excluding carboxylic acids is 1. The molecule has 0 saturated carbocycles. The lowest BCUT2D eigenvalue weighted by Gasteiger charge is -2.20. The zero-order chi connectivity index (χ0) is 13.9. The Morgan fingerprint density at radius 2 is 2.45 bits per heavy atom. The maximum Gasteiger partial charge on any atom is 0.226 e. The van der Waals surface area contributed by atoms with Gasteiger partial charge in [-0.15, -0.1) is 22.7 Å². The maximum atomic E-state index is 11.9. The fraction of sp³-hybridized carbons (Fsp3) is 0.429. The quantitative estimate of drug-likeness (QED) is 0.944. The molecule has 106 valence electrons. The molecule has 4 nitrogen and oxygen atoms in total. The number of hydrogen-bond donors (Lipinski definition) is 1. The van der Waals surface area contributed by atoms with Gasteiger partial charge in [0.2, 0.25) is 5.91 Å². The molecule has 3 heterocycles. The van der Waals surface area contributed by atoms with Crippen LogP contribution in [0.1, 0.15) is 21.9 Å². The lowest BCUT2D eigenvalue weighted by atomic mass is 10.2. The van der Waals surface area contributed by atoms with Crippen LogP contribution in [0.15, 0.2) is 17.5 Å². The minimum Gasteiger partial charge on any atom is -0.302 e. The van der Waals surface area contributed by atoms with E-state index in [9.17, 15) is 4.79 Å². The molecule has 0 atom stereocenters. The molecule has 1 amide bonds. The van der Waals surface area contributed by atoms with E-state index < -0.39 is 0 Å². The van der Waals surface area contributed by atoms with Crippen LogP contribution in [0.4, 0.5) is 5.13 Å². The number of rotatable bonds is 4. The van der Waals surface area contributed by atoms with Gasteiger partial charge in [-0.3, -0.25) is 4.79 Å². The molecule has 0 aromatic carbocycles. The lowest BCUT2D eigenvalue weighted by molar-refractivity contribution is -0.116. The normalized spacial score (nSPS) is 15.1. The maximum absolute atomic E-state index is 11.9. The first-order chi connectivity index (χ1) is 9.70. The standard InChI is InChI=1S/C14H17N3OS2/c1-17-7-6-11-12(9-17)20-14(15-11)16-13(18)5-4-10-3-2-8-19-10/h2-3,8H,4-7,9H2,1H3,(H,15,16,18). The molecule has 0 bridgehead atoms. The molecule has 2 aromatic heterocycles. The van der Waals surface area contributed by atoms with Crippen LogP contribution in [-0.4, -0.2) is 29.4 Å². The van der Waals surface area contributed by atoms with Gasteiger partial charge in [-0.05, 0) is 24.9 Å². The Morgan fingerprint density at radius 3 is 3.25 bits per heavy atom. The fourth-order valence-electron chi connectivity index (χ4n) is 2.25. The van der Waals surface area contributed by atoms with Gasteiger partial charge >= 0.3 is 0 Å². The van der Waals surface area contributed by atoms with Crippen molar-refractivity contribution in [1.29, 1.82) is 0 Å². The predicted octanol–water partition coefficient (Wildman–Crippen LogP) is 2.76. The van der Waals surface area contributed by atoms with E-state index in [1.54, 1.807) is 22.7 Å². The molecule has 3 rings (SSSR count). The molecule has 20 heavy (non-hydrogen) atoms. The number of aromatic nitrogens is 1. The smallest absolute Gasteiger partial charge is 0.226 e. The third-order valence-electron chi connectivity index (χ3n) is 3.35. The molecule has 0 spiro atoms. The summed E-state index contributed by atoms with van der Waals surface area (Å²) in [4.78, 5) is 21.3. The number of amides is 1. The number of nitrogens with one attached hydrogen (secondary N) is 1. The van der Waals surface area contributed by atoms with Crippen LogP contribution in [0.2, 0.25) is 0 Å². The first-order valence-corrected chi connectivity index (χ1v) is 8.39. The molecule has 0 radical (unpaired) electrons. The third kappa shape index (κ3) is 3.26. The largest absolute Gasteiger partial charge is 0.302 e. The van der Waals surface area contributed by atoms with E-state index in [-0.39, 0.29) is 5.91 Å². The van der Waals surface area contributed by atoms with Crippen molar-refractivity contribution in [1.82, 2.24) is 9.88 Å². The molecular weight excluding hydrogens is 290 g/mol. The second-order valence-electron chi connectivity index (χ2n) is 5.00. The molecule has 2 aromatic rings. The highest BCUT2D eigenvalue weighted by Crippen LogP contribution is 2.27. The van der Waals surface area contributed by atoms with Gasteiger partial charge in [0.25, 0.3) is 0 Å². The van der Waals surface area contributed by atoms with E-state index in [0.29, 0.717) is 6.42 Å². The van der Waals surface area contributed by atoms with Crippen LogP contribution < -0.4 is 5.32 Å². The molecule has 1 aliphatic heterocycles. The monoisotopic (exact) mass is 307 g/mol. The van der Waals surface area contributed by atoms with Gasteiger partial charge < -0.3 is 10.2 Å².